The number of rotatable bonds is 5. The number of hydrogen-bond acceptors (Lipinski definition) is 4. The second-order valence-electron chi connectivity index (χ2n) is 4.93. The SMILES string of the molecule is CNS(=O)(=O)CCNC(=O)N1CCC(C)CC1C(=O)O. The lowest BCUT2D eigenvalue weighted by molar-refractivity contribution is -0.143. The summed E-state index contributed by atoms with van der Waals surface area (Å²) in [7, 11) is -2.09. The molecule has 1 aliphatic heterocycles. The van der Waals surface area contributed by atoms with Gasteiger partial charge in [-0.05, 0) is 25.8 Å². The molecule has 8 nitrogen and oxygen atoms in total. The van der Waals surface area contributed by atoms with Crippen LogP contribution < -0.4 is 10.0 Å². The van der Waals surface area contributed by atoms with E-state index in [9.17, 15) is 18.0 Å². The third-order valence-corrected chi connectivity index (χ3v) is 4.73. The molecule has 1 rings (SSSR count). The molecule has 0 bridgehead atoms. The van der Waals surface area contributed by atoms with Gasteiger partial charge in [0.15, 0.2) is 0 Å². The number of nitrogens with one attached hydrogen (secondary N) is 2. The molecule has 1 saturated heterocycles. The number of carboxylic acid groups (broad SMARTS) is 1. The predicted molar refractivity (Wildman–Crippen MR) is 72.8 cm³/mol. The topological polar surface area (TPSA) is 116 Å². The fraction of sp³-hybridized carbons (Fsp3) is 0.818. The van der Waals surface area contributed by atoms with Crippen molar-refractivity contribution in [2.75, 3.05) is 25.9 Å². The molecule has 116 valence electrons. The lowest BCUT2D eigenvalue weighted by Gasteiger charge is -2.35. The highest BCUT2D eigenvalue weighted by Gasteiger charge is 2.34. The van der Waals surface area contributed by atoms with Crippen LogP contribution >= 0.6 is 0 Å². The molecule has 3 N–H and O–H groups in total. The van der Waals surface area contributed by atoms with Crippen molar-refractivity contribution in [2.24, 2.45) is 5.92 Å². The Labute approximate surface area is 118 Å². The second-order valence-corrected chi connectivity index (χ2v) is 6.98. The van der Waals surface area contributed by atoms with Gasteiger partial charge in [-0.3, -0.25) is 0 Å². The van der Waals surface area contributed by atoms with E-state index in [2.05, 4.69) is 10.0 Å². The van der Waals surface area contributed by atoms with E-state index in [0.29, 0.717) is 13.0 Å². The molecule has 2 atom stereocenters. The normalized spacial score (nSPS) is 23.4. The van der Waals surface area contributed by atoms with Crippen molar-refractivity contribution in [3.63, 3.8) is 0 Å². The Morgan fingerprint density at radius 2 is 2.05 bits per heavy atom. The zero-order chi connectivity index (χ0) is 15.3. The zero-order valence-electron chi connectivity index (χ0n) is 11.6. The highest BCUT2D eigenvalue weighted by molar-refractivity contribution is 7.89. The van der Waals surface area contributed by atoms with Crippen molar-refractivity contribution in [1.29, 1.82) is 0 Å². The van der Waals surface area contributed by atoms with Crippen LogP contribution in [-0.2, 0) is 14.8 Å². The molecule has 0 aromatic heterocycles. The number of amides is 2. The van der Waals surface area contributed by atoms with Crippen LogP contribution in [0.25, 0.3) is 0 Å². The van der Waals surface area contributed by atoms with Crippen molar-refractivity contribution in [3.05, 3.63) is 0 Å². The monoisotopic (exact) mass is 307 g/mol. The quantitative estimate of drug-likeness (QED) is 0.629. The summed E-state index contributed by atoms with van der Waals surface area (Å²) in [5.41, 5.74) is 0. The minimum absolute atomic E-state index is 0.0552. The third kappa shape index (κ3) is 4.64. The summed E-state index contributed by atoms with van der Waals surface area (Å²) >= 11 is 0. The number of hydrogen-bond donors (Lipinski definition) is 3. The Morgan fingerprint density at radius 3 is 2.60 bits per heavy atom. The summed E-state index contributed by atoms with van der Waals surface area (Å²) in [6, 6.07) is -1.38. The van der Waals surface area contributed by atoms with E-state index in [0.717, 1.165) is 6.42 Å². The molecule has 0 aromatic carbocycles. The molecule has 0 aliphatic carbocycles. The van der Waals surface area contributed by atoms with Gasteiger partial charge in [0.2, 0.25) is 10.0 Å². The largest absolute Gasteiger partial charge is 0.480 e. The first-order valence-electron chi connectivity index (χ1n) is 6.45. The summed E-state index contributed by atoms with van der Waals surface area (Å²) < 4.78 is 24.5. The van der Waals surface area contributed by atoms with Crippen LogP contribution in [0, 0.1) is 5.92 Å². The number of nitrogens with zero attached hydrogens (tertiary/aromatic N) is 1. The third-order valence-electron chi connectivity index (χ3n) is 3.37. The van der Waals surface area contributed by atoms with E-state index in [4.69, 9.17) is 5.11 Å². The number of piperidine rings is 1. The lowest BCUT2D eigenvalue weighted by Crippen LogP contribution is -2.53. The Bertz CT molecular complexity index is 465. The standard InChI is InChI=1S/C11H21N3O5S/c1-8-3-5-14(9(7-8)10(15)16)11(17)13-4-6-20(18,19)12-2/h8-9,12H,3-7H2,1-2H3,(H,13,17)(H,15,16). The van der Waals surface area contributed by atoms with Gasteiger partial charge in [0.25, 0.3) is 0 Å². The Kier molecular flexibility index (Phi) is 5.75. The molecule has 0 radical (unpaired) electrons. The molecule has 2 unspecified atom stereocenters. The number of urea groups is 1. The zero-order valence-corrected chi connectivity index (χ0v) is 12.4. The first-order chi connectivity index (χ1) is 9.26. The minimum Gasteiger partial charge on any atom is -0.480 e. The maximum Gasteiger partial charge on any atom is 0.326 e. The van der Waals surface area contributed by atoms with Gasteiger partial charge in [-0.2, -0.15) is 0 Å². The first-order valence-corrected chi connectivity index (χ1v) is 8.10. The smallest absolute Gasteiger partial charge is 0.326 e. The van der Waals surface area contributed by atoms with E-state index >= 15 is 0 Å². The van der Waals surface area contributed by atoms with Gasteiger partial charge in [0.1, 0.15) is 6.04 Å². The highest BCUT2D eigenvalue weighted by Crippen LogP contribution is 2.22. The molecule has 2 amide bonds. The Hall–Kier alpha value is -1.35. The van der Waals surface area contributed by atoms with E-state index < -0.39 is 28.1 Å². The molecule has 9 heteroatoms. The predicted octanol–water partition coefficient (Wildman–Crippen LogP) is -0.570. The number of carboxylic acids is 1. The summed E-state index contributed by atoms with van der Waals surface area (Å²) in [4.78, 5) is 24.4. The molecule has 20 heavy (non-hydrogen) atoms. The van der Waals surface area contributed by atoms with Gasteiger partial charge >= 0.3 is 12.0 Å². The van der Waals surface area contributed by atoms with Crippen LogP contribution in [0.2, 0.25) is 0 Å². The molecule has 1 heterocycles. The number of carbonyl (C=O) groups excluding carboxylic acids is 1. The van der Waals surface area contributed by atoms with Gasteiger partial charge in [-0.15, -0.1) is 0 Å². The molecule has 0 spiro atoms. The minimum atomic E-state index is -3.38. The van der Waals surface area contributed by atoms with Gasteiger partial charge in [-0.25, -0.2) is 22.7 Å². The molecule has 0 aromatic rings. The van der Waals surface area contributed by atoms with Gasteiger partial charge in [-0.1, -0.05) is 6.92 Å². The van der Waals surface area contributed by atoms with Crippen molar-refractivity contribution in [2.45, 2.75) is 25.8 Å². The van der Waals surface area contributed by atoms with Crippen LogP contribution in [0.1, 0.15) is 19.8 Å². The number of sulfonamides is 1. The average molecular weight is 307 g/mol. The van der Waals surface area contributed by atoms with Gasteiger partial charge < -0.3 is 15.3 Å². The van der Waals surface area contributed by atoms with Crippen LogP contribution in [0.5, 0.6) is 0 Å². The van der Waals surface area contributed by atoms with Crippen LogP contribution in [-0.4, -0.2) is 62.4 Å². The van der Waals surface area contributed by atoms with Crippen LogP contribution in [0.4, 0.5) is 4.79 Å². The Balaban J connectivity index is 2.55. The second kappa shape index (κ2) is 6.89. The first kappa shape index (κ1) is 16.7. The highest BCUT2D eigenvalue weighted by atomic mass is 32.2. The summed E-state index contributed by atoms with van der Waals surface area (Å²) in [5.74, 6) is -1.02. The number of aliphatic carboxylic acids is 1. The van der Waals surface area contributed by atoms with Crippen molar-refractivity contribution < 1.29 is 23.1 Å². The van der Waals surface area contributed by atoms with E-state index in [-0.39, 0.29) is 18.2 Å². The van der Waals surface area contributed by atoms with E-state index in [1.807, 2.05) is 6.92 Å². The van der Waals surface area contributed by atoms with Crippen LogP contribution in [0.3, 0.4) is 0 Å². The molecule has 1 fully saturated rings. The maximum atomic E-state index is 11.9. The van der Waals surface area contributed by atoms with Crippen LogP contribution in [0.15, 0.2) is 0 Å². The average Bonchev–Trinajstić information content (AvgIpc) is 2.38. The summed E-state index contributed by atoms with van der Waals surface area (Å²) in [6.07, 6.45) is 1.16. The van der Waals surface area contributed by atoms with Crippen molar-refractivity contribution in [1.82, 2.24) is 14.9 Å². The van der Waals surface area contributed by atoms with Gasteiger partial charge in [0.05, 0.1) is 5.75 Å². The fourth-order valence-electron chi connectivity index (χ4n) is 2.11. The molecule has 0 saturated carbocycles. The van der Waals surface area contributed by atoms with Crippen molar-refractivity contribution >= 4 is 22.0 Å². The summed E-state index contributed by atoms with van der Waals surface area (Å²) in [6.45, 7) is 2.26. The molecular weight excluding hydrogens is 286 g/mol. The van der Waals surface area contributed by atoms with Gasteiger partial charge in [0, 0.05) is 13.1 Å². The summed E-state index contributed by atoms with van der Waals surface area (Å²) in [5, 5.41) is 11.6. The molecule has 1 aliphatic rings. The van der Waals surface area contributed by atoms with Crippen molar-refractivity contribution in [3.8, 4) is 0 Å². The fourth-order valence-corrected chi connectivity index (χ4v) is 2.69. The number of carbonyl (C=O) groups is 2. The number of likely N-dealkylation sites (tertiary alicyclic amines) is 1. The lowest BCUT2D eigenvalue weighted by atomic mass is 9.93. The molecular formula is C11H21N3O5S. The maximum absolute atomic E-state index is 11.9. The van der Waals surface area contributed by atoms with E-state index in [1.54, 1.807) is 0 Å². The Morgan fingerprint density at radius 1 is 1.40 bits per heavy atom. The van der Waals surface area contributed by atoms with E-state index in [1.165, 1.54) is 11.9 Å².